The first-order valence-corrected chi connectivity index (χ1v) is 5.33. The second kappa shape index (κ2) is 4.48. The summed E-state index contributed by atoms with van der Waals surface area (Å²) in [5, 5.41) is 0. The highest BCUT2D eigenvalue weighted by atomic mass is 16.5. The fourth-order valence-electron chi connectivity index (χ4n) is 1.88. The van der Waals surface area contributed by atoms with Crippen LogP contribution >= 0.6 is 0 Å². The van der Waals surface area contributed by atoms with Crippen molar-refractivity contribution in [3.05, 3.63) is 23.8 Å². The highest BCUT2D eigenvalue weighted by molar-refractivity contribution is 6.16. The summed E-state index contributed by atoms with van der Waals surface area (Å²) in [5.41, 5.74) is 6.54. The summed E-state index contributed by atoms with van der Waals surface area (Å²) < 4.78 is 4.59. The zero-order valence-electron chi connectivity index (χ0n) is 9.80. The van der Waals surface area contributed by atoms with Gasteiger partial charge in [0.25, 0.3) is 0 Å². The van der Waals surface area contributed by atoms with Crippen LogP contribution in [0.4, 0.5) is 11.4 Å². The summed E-state index contributed by atoms with van der Waals surface area (Å²) in [7, 11) is 1.25. The lowest BCUT2D eigenvalue weighted by atomic mass is 10.1. The Hall–Kier alpha value is -2.37. The van der Waals surface area contributed by atoms with E-state index in [1.54, 1.807) is 12.1 Å². The normalized spacial score (nSPS) is 15.1. The van der Waals surface area contributed by atoms with Crippen LogP contribution in [0, 0.1) is 0 Å². The molecular weight excluding hydrogens is 236 g/mol. The molecule has 0 spiro atoms. The second-order valence-electron chi connectivity index (χ2n) is 3.93. The van der Waals surface area contributed by atoms with Gasteiger partial charge in [0.05, 0.1) is 37.0 Å². The van der Waals surface area contributed by atoms with Gasteiger partial charge < -0.3 is 15.4 Å². The van der Waals surface area contributed by atoms with Gasteiger partial charge in [-0.15, -0.1) is 0 Å². The first kappa shape index (κ1) is 12.1. The smallest absolute Gasteiger partial charge is 0.340 e. The molecule has 94 valence electrons. The summed E-state index contributed by atoms with van der Waals surface area (Å²) in [5.74, 6) is -1.05. The van der Waals surface area contributed by atoms with E-state index in [-0.39, 0.29) is 35.9 Å². The van der Waals surface area contributed by atoms with Gasteiger partial charge in [-0.25, -0.2) is 4.79 Å². The highest BCUT2D eigenvalue weighted by Crippen LogP contribution is 2.29. The maximum absolute atomic E-state index is 11.6. The Balaban J connectivity index is 2.43. The first-order chi connectivity index (χ1) is 8.54. The Morgan fingerprint density at radius 2 is 2.11 bits per heavy atom. The number of carbonyl (C=O) groups excluding carboxylic acids is 3. The molecule has 1 aliphatic heterocycles. The number of methoxy groups -OCH3 is 1. The van der Waals surface area contributed by atoms with Crippen LogP contribution in [-0.2, 0) is 14.3 Å². The van der Waals surface area contributed by atoms with Crippen molar-refractivity contribution in [3.8, 4) is 0 Å². The molecule has 2 N–H and O–H groups in total. The summed E-state index contributed by atoms with van der Waals surface area (Å²) in [6, 6.07) is 4.69. The molecule has 0 radical (unpaired) electrons. The van der Waals surface area contributed by atoms with Crippen molar-refractivity contribution in [2.75, 3.05) is 24.3 Å². The quantitative estimate of drug-likeness (QED) is 0.463. The molecule has 0 atom stereocenters. The topological polar surface area (TPSA) is 89.7 Å². The highest BCUT2D eigenvalue weighted by Gasteiger charge is 2.30. The predicted octanol–water partition coefficient (Wildman–Crippen LogP) is 0.361. The minimum absolute atomic E-state index is 0.00629. The minimum atomic E-state index is -0.577. The third-order valence-corrected chi connectivity index (χ3v) is 2.76. The van der Waals surface area contributed by atoms with E-state index in [2.05, 4.69) is 4.74 Å². The molecule has 0 unspecified atom stereocenters. The Morgan fingerprint density at radius 3 is 2.67 bits per heavy atom. The van der Waals surface area contributed by atoms with E-state index in [0.29, 0.717) is 5.69 Å². The van der Waals surface area contributed by atoms with E-state index in [1.165, 1.54) is 18.1 Å². The standard InChI is InChI=1S/C12H12N2O4/c1-18-12(17)8-3-2-4-9(11(8)13)14-6-7(15)5-10(14)16/h2-4H,5-6,13H2,1H3. The third-order valence-electron chi connectivity index (χ3n) is 2.76. The molecule has 0 aliphatic carbocycles. The molecule has 1 aromatic carbocycles. The maximum Gasteiger partial charge on any atom is 0.340 e. The molecule has 1 amide bonds. The zero-order chi connectivity index (χ0) is 13.3. The van der Waals surface area contributed by atoms with Crippen molar-refractivity contribution in [1.29, 1.82) is 0 Å². The van der Waals surface area contributed by atoms with Crippen LogP contribution < -0.4 is 10.6 Å². The van der Waals surface area contributed by atoms with E-state index in [0.717, 1.165) is 0 Å². The molecule has 0 bridgehead atoms. The van der Waals surface area contributed by atoms with Crippen LogP contribution in [0.5, 0.6) is 0 Å². The molecule has 2 rings (SSSR count). The summed E-state index contributed by atoms with van der Waals surface area (Å²) in [4.78, 5) is 35.6. The number of para-hydroxylation sites is 1. The lowest BCUT2D eigenvalue weighted by Gasteiger charge is -2.18. The van der Waals surface area contributed by atoms with Gasteiger partial charge >= 0.3 is 5.97 Å². The number of anilines is 2. The first-order valence-electron chi connectivity index (χ1n) is 5.33. The van der Waals surface area contributed by atoms with Gasteiger partial charge in [0.15, 0.2) is 5.78 Å². The maximum atomic E-state index is 11.6. The number of nitrogens with zero attached hydrogens (tertiary/aromatic N) is 1. The monoisotopic (exact) mass is 248 g/mol. The van der Waals surface area contributed by atoms with Gasteiger partial charge in [0.2, 0.25) is 5.91 Å². The van der Waals surface area contributed by atoms with Crippen molar-refractivity contribution >= 4 is 29.0 Å². The van der Waals surface area contributed by atoms with E-state index in [4.69, 9.17) is 5.73 Å². The van der Waals surface area contributed by atoms with Gasteiger partial charge in [0.1, 0.15) is 0 Å². The lowest BCUT2D eigenvalue weighted by molar-refractivity contribution is -0.121. The number of ether oxygens (including phenoxy) is 1. The second-order valence-corrected chi connectivity index (χ2v) is 3.93. The van der Waals surface area contributed by atoms with E-state index in [1.807, 2.05) is 0 Å². The van der Waals surface area contributed by atoms with Crippen LogP contribution in [0.2, 0.25) is 0 Å². The number of amides is 1. The van der Waals surface area contributed by atoms with E-state index in [9.17, 15) is 14.4 Å². The van der Waals surface area contributed by atoms with Gasteiger partial charge in [-0.1, -0.05) is 6.07 Å². The Bertz CT molecular complexity index is 539. The fraction of sp³-hybridized carbons (Fsp3) is 0.250. The number of hydrogen-bond donors (Lipinski definition) is 1. The van der Waals surface area contributed by atoms with Crippen LogP contribution in [0.1, 0.15) is 16.8 Å². The minimum Gasteiger partial charge on any atom is -0.465 e. The Morgan fingerprint density at radius 1 is 1.39 bits per heavy atom. The summed E-state index contributed by atoms with van der Waals surface area (Å²) in [6.45, 7) is -0.00629. The Kier molecular flexibility index (Phi) is 3.01. The van der Waals surface area contributed by atoms with Gasteiger partial charge in [0, 0.05) is 0 Å². The van der Waals surface area contributed by atoms with E-state index < -0.39 is 5.97 Å². The summed E-state index contributed by atoms with van der Waals surface area (Å²) in [6.07, 6.45) is -0.123. The number of hydrogen-bond acceptors (Lipinski definition) is 5. The van der Waals surface area contributed by atoms with Gasteiger partial charge in [-0.2, -0.15) is 0 Å². The number of ketones is 1. The molecule has 18 heavy (non-hydrogen) atoms. The number of carbonyl (C=O) groups is 3. The van der Waals surface area contributed by atoms with Crippen molar-refractivity contribution < 1.29 is 19.1 Å². The molecule has 0 saturated carbocycles. The largest absolute Gasteiger partial charge is 0.465 e. The van der Waals surface area contributed by atoms with Crippen LogP contribution in [0.3, 0.4) is 0 Å². The molecule has 1 fully saturated rings. The number of Topliss-reactive ketones (excluding diaryl/α,β-unsaturated/α-hetero) is 1. The van der Waals surface area contributed by atoms with Gasteiger partial charge in [-0.05, 0) is 12.1 Å². The molecule has 6 nitrogen and oxygen atoms in total. The number of rotatable bonds is 2. The average Bonchev–Trinajstić information content (AvgIpc) is 2.68. The SMILES string of the molecule is COC(=O)c1cccc(N2CC(=O)CC2=O)c1N. The number of esters is 1. The molecule has 1 aromatic rings. The molecular formula is C12H12N2O4. The van der Waals surface area contributed by atoms with E-state index >= 15 is 0 Å². The molecule has 6 heteroatoms. The number of nitrogens with two attached hydrogens (primary N) is 1. The molecule has 1 saturated heterocycles. The van der Waals surface area contributed by atoms with Gasteiger partial charge in [-0.3, -0.25) is 9.59 Å². The average molecular weight is 248 g/mol. The number of benzene rings is 1. The molecule has 0 aromatic heterocycles. The van der Waals surface area contributed by atoms with Crippen molar-refractivity contribution in [2.45, 2.75) is 6.42 Å². The molecule has 1 heterocycles. The van der Waals surface area contributed by atoms with Crippen molar-refractivity contribution in [2.24, 2.45) is 0 Å². The van der Waals surface area contributed by atoms with Crippen molar-refractivity contribution in [1.82, 2.24) is 0 Å². The Labute approximate surface area is 103 Å². The third kappa shape index (κ3) is 1.92. The summed E-state index contributed by atoms with van der Waals surface area (Å²) >= 11 is 0. The van der Waals surface area contributed by atoms with Crippen LogP contribution in [-0.4, -0.2) is 31.3 Å². The zero-order valence-corrected chi connectivity index (χ0v) is 9.80. The number of nitrogen functional groups attached to an aromatic ring is 1. The lowest BCUT2D eigenvalue weighted by Crippen LogP contribution is -2.26. The van der Waals surface area contributed by atoms with Crippen LogP contribution in [0.25, 0.3) is 0 Å². The van der Waals surface area contributed by atoms with Crippen molar-refractivity contribution in [3.63, 3.8) is 0 Å². The fourth-order valence-corrected chi connectivity index (χ4v) is 1.88. The predicted molar refractivity (Wildman–Crippen MR) is 64.2 cm³/mol. The molecule has 1 aliphatic rings. The van der Waals surface area contributed by atoms with Crippen LogP contribution in [0.15, 0.2) is 18.2 Å².